The number of thioether (sulfide) groups is 2. The van der Waals surface area contributed by atoms with Gasteiger partial charge in [-0.1, -0.05) is 33.8 Å². The second kappa shape index (κ2) is 20.5. The van der Waals surface area contributed by atoms with Crippen LogP contribution in [0.5, 0.6) is 0 Å². The van der Waals surface area contributed by atoms with E-state index >= 15 is 0 Å². The molecule has 2 aliphatic heterocycles. The molecule has 2 aromatic heterocycles. The predicted molar refractivity (Wildman–Crippen MR) is 277 cm³/mol. The first-order chi connectivity index (χ1) is 30.3. The van der Waals surface area contributed by atoms with E-state index in [1.807, 2.05) is 64.1 Å². The standard InChI is InChI=1S/C54H53N2PS4.Os/c1-8-20-44-29-30-47(60-44)51-49-50(54(55-51)59-35-37(5)6)52(56-53(49)58-34-36(3)4)48-32-31-46(61-48)45(33-40-22-19-21-39(40)9-2)38(7)57(41-23-13-10-14-24-41,42-25-15-11-16-26-42)43-27-17-12-18-28-43;/h8-18,20,23-33,36-37H,19,21-22,34-35H2,1-6H3;/q+1;/b20-8+,39-9?,40-33?,45-38?;. The Morgan fingerprint density at radius 1 is 0.677 bits per heavy atom. The Morgan fingerprint density at radius 3 is 1.66 bits per heavy atom. The molecule has 62 heavy (non-hydrogen) atoms. The third kappa shape index (κ3) is 9.16. The molecule has 1 saturated carbocycles. The molecule has 8 heteroatoms. The Kier molecular flexibility index (Phi) is 14.9. The van der Waals surface area contributed by atoms with Gasteiger partial charge in [0.1, 0.15) is 0 Å². The summed E-state index contributed by atoms with van der Waals surface area (Å²) < 4.78 is 3.99. The molecule has 0 unspecified atom stereocenters. The van der Waals surface area contributed by atoms with Crippen LogP contribution in [0.25, 0.3) is 11.6 Å². The number of nitrogens with zero attached hydrogens (tertiary/aromatic N) is 2. The van der Waals surface area contributed by atoms with E-state index in [0.29, 0.717) is 11.8 Å². The molecule has 1 fully saturated rings. The van der Waals surface area contributed by atoms with Crippen LogP contribution in [0.2, 0.25) is 0 Å². The molecule has 0 spiro atoms. The van der Waals surface area contributed by atoms with Gasteiger partial charge in [0.2, 0.25) is 0 Å². The van der Waals surface area contributed by atoms with Gasteiger partial charge in [-0.15, -0.1) is 0 Å². The van der Waals surface area contributed by atoms with E-state index in [9.17, 15) is 0 Å². The van der Waals surface area contributed by atoms with Gasteiger partial charge in [-0.2, -0.15) is 0 Å². The summed E-state index contributed by atoms with van der Waals surface area (Å²) >= 11 is 9.33. The monoisotopic (exact) mass is 1080 g/mol. The molecule has 3 aliphatic rings. The quantitative estimate of drug-likeness (QED) is 0.0976. The minimum absolute atomic E-state index is 0.536. The van der Waals surface area contributed by atoms with E-state index < -0.39 is 7.26 Å². The van der Waals surface area contributed by atoms with E-state index in [4.69, 9.17) is 9.98 Å². The number of hydrogen-bond donors (Lipinski definition) is 0. The first-order valence-electron chi connectivity index (χ1n) is 21.5. The van der Waals surface area contributed by atoms with Crippen LogP contribution in [0, 0.1) is 16.2 Å². The Bertz CT molecular complexity index is 2630. The van der Waals surface area contributed by atoms with Crippen molar-refractivity contribution in [3.05, 3.63) is 191 Å². The third-order valence-corrected chi connectivity index (χ3v) is 21.4. The number of allylic oxidation sites excluding steroid dienone is 9. The molecule has 315 valence electrons. The maximum atomic E-state index is 5.63. The molecule has 1 aliphatic carbocycles. The van der Waals surface area contributed by atoms with Crippen molar-refractivity contribution in [1.29, 1.82) is 0 Å². The second-order valence-electron chi connectivity index (χ2n) is 16.4. The summed E-state index contributed by atoms with van der Waals surface area (Å²) in [7, 11) is -2.46. The molecule has 0 amide bonds. The Balaban J connectivity index is 1.36. The summed E-state index contributed by atoms with van der Waals surface area (Å²) in [5.41, 5.74) is 8.70. The van der Waals surface area contributed by atoms with Crippen LogP contribution in [0.15, 0.2) is 181 Å². The van der Waals surface area contributed by atoms with Gasteiger partial charge in [0.15, 0.2) is 0 Å². The molecule has 2 nitrogen and oxygen atoms in total. The normalized spacial score (nSPS) is 17.2. The third-order valence-electron chi connectivity index (χ3n) is 11.1. The second-order valence-corrected chi connectivity index (χ2v) is 24.6. The summed E-state index contributed by atoms with van der Waals surface area (Å²) in [6, 6.07) is 42.9. The summed E-state index contributed by atoms with van der Waals surface area (Å²) in [5, 5.41) is 7.46. The number of thiophene rings is 2. The molecule has 0 atom stereocenters. The SMILES string of the molecule is CC=C1CCCC1=CC(=C([C]#[Os])[P+](c1ccccc1)(c1ccccc1)c1ccccc1)c1ccc(C2=NC(SCC(C)C)=C3C(c4ccc(/C=C/C)s4)=NC(SCC(C)C)=C23)s1. The van der Waals surface area contributed by atoms with Crippen molar-refractivity contribution in [1.82, 2.24) is 0 Å². The van der Waals surface area contributed by atoms with Crippen molar-refractivity contribution < 1.29 is 17.9 Å². The molecular formula is C54H53N2OsPS4+. The molecule has 5 aromatic rings. The van der Waals surface area contributed by atoms with E-state index in [2.05, 4.69) is 185 Å². The van der Waals surface area contributed by atoms with Crippen molar-refractivity contribution in [3.63, 3.8) is 0 Å². The van der Waals surface area contributed by atoms with E-state index in [-0.39, 0.29) is 0 Å². The Morgan fingerprint density at radius 2 is 1.18 bits per heavy atom. The summed E-state index contributed by atoms with van der Waals surface area (Å²) in [6.07, 6.45) is 12.6. The molecule has 0 saturated heterocycles. The van der Waals surface area contributed by atoms with E-state index in [1.54, 1.807) is 0 Å². The van der Waals surface area contributed by atoms with Gasteiger partial charge in [-0.25, -0.2) is 0 Å². The fourth-order valence-corrected chi connectivity index (χ4v) is 18.1. The summed E-state index contributed by atoms with van der Waals surface area (Å²) in [6.45, 7) is 13.5. The first-order valence-corrected chi connectivity index (χ1v) is 28.2. The van der Waals surface area contributed by atoms with Crippen LogP contribution in [-0.4, -0.2) is 22.9 Å². The molecule has 0 N–H and O–H groups in total. The molecule has 3 aromatic carbocycles. The van der Waals surface area contributed by atoms with Gasteiger partial charge in [-0.3, -0.25) is 0 Å². The van der Waals surface area contributed by atoms with Crippen LogP contribution >= 0.6 is 53.5 Å². The van der Waals surface area contributed by atoms with Crippen LogP contribution in [0.4, 0.5) is 0 Å². The van der Waals surface area contributed by atoms with Crippen LogP contribution < -0.4 is 15.9 Å². The van der Waals surface area contributed by atoms with Gasteiger partial charge in [0, 0.05) is 4.88 Å². The zero-order valence-electron chi connectivity index (χ0n) is 36.3. The van der Waals surface area contributed by atoms with Gasteiger partial charge < -0.3 is 0 Å². The van der Waals surface area contributed by atoms with Crippen molar-refractivity contribution >= 4 is 92.4 Å². The molecule has 0 bridgehead atoms. The minimum atomic E-state index is -2.46. The van der Waals surface area contributed by atoms with E-state index in [0.717, 1.165) is 45.8 Å². The van der Waals surface area contributed by atoms with Gasteiger partial charge >= 0.3 is 342 Å². The van der Waals surface area contributed by atoms with Crippen LogP contribution in [-0.2, 0) is 17.9 Å². The Labute approximate surface area is 396 Å². The van der Waals surface area contributed by atoms with Gasteiger partial charge in [0.25, 0.3) is 0 Å². The van der Waals surface area contributed by atoms with Crippen molar-refractivity contribution in [3.8, 4) is 4.37 Å². The van der Waals surface area contributed by atoms with Crippen molar-refractivity contribution in [2.24, 2.45) is 21.8 Å². The molecule has 8 rings (SSSR count). The van der Waals surface area contributed by atoms with Crippen molar-refractivity contribution in [2.45, 2.75) is 60.8 Å². The number of rotatable bonds is 15. The molecular weight excluding hydrogens is 1030 g/mol. The number of fused-ring (bicyclic) bond motifs is 1. The average Bonchev–Trinajstić information content (AvgIpc) is 4.15. The molecule has 4 heterocycles. The van der Waals surface area contributed by atoms with Crippen molar-refractivity contribution in [2.75, 3.05) is 11.5 Å². The zero-order chi connectivity index (χ0) is 43.2. The number of aliphatic imine (C=N–C) groups is 2. The predicted octanol–water partition coefficient (Wildman–Crippen LogP) is 14.6. The number of benzene rings is 3. The first kappa shape index (κ1) is 45.0. The topological polar surface area (TPSA) is 24.7 Å². The fraction of sp³-hybridized carbons (Fsp3) is 0.241. The number of hydrogen-bond acceptors (Lipinski definition) is 6. The fourth-order valence-electron chi connectivity index (χ4n) is 8.27. The molecule has 0 radical (unpaired) electrons. The Hall–Kier alpha value is -3.61. The summed E-state index contributed by atoms with van der Waals surface area (Å²) in [4.78, 5) is 16.0. The van der Waals surface area contributed by atoms with Gasteiger partial charge in [-0.05, 0) is 19.1 Å². The van der Waals surface area contributed by atoms with E-state index in [1.165, 1.54) is 75.0 Å². The maximum absolute atomic E-state index is 5.63. The summed E-state index contributed by atoms with van der Waals surface area (Å²) in [5.74, 6) is 3.07. The van der Waals surface area contributed by atoms with Crippen LogP contribution in [0.3, 0.4) is 0 Å². The van der Waals surface area contributed by atoms with Crippen LogP contribution in [0.1, 0.15) is 80.3 Å². The van der Waals surface area contributed by atoms with Gasteiger partial charge in [0.05, 0.1) is 0 Å². The average molecular weight is 1080 g/mol. The zero-order valence-corrected chi connectivity index (χ0v) is 43.0.